The molecule has 2 amide bonds. The van der Waals surface area contributed by atoms with E-state index in [0.29, 0.717) is 4.91 Å². The van der Waals surface area contributed by atoms with Gasteiger partial charge in [-0.1, -0.05) is 18.2 Å². The molecule has 6 nitrogen and oxygen atoms in total. The maximum Gasteiger partial charge on any atom is 0.328 e. The summed E-state index contributed by atoms with van der Waals surface area (Å²) in [6.07, 6.45) is 1.72. The van der Waals surface area contributed by atoms with Crippen LogP contribution in [0, 0.1) is 27.7 Å². The second-order valence-electron chi connectivity index (χ2n) is 7.15. The number of imide groups is 1. The van der Waals surface area contributed by atoms with Crippen molar-refractivity contribution in [1.82, 2.24) is 9.47 Å². The number of esters is 1. The number of carbonyl (C=O) groups is 3. The summed E-state index contributed by atoms with van der Waals surface area (Å²) >= 11 is 0.840. The molecule has 1 atom stereocenters. The summed E-state index contributed by atoms with van der Waals surface area (Å²) in [7, 11) is 1.23. The Morgan fingerprint density at radius 1 is 1.14 bits per heavy atom. The van der Waals surface area contributed by atoms with Gasteiger partial charge in [0, 0.05) is 11.4 Å². The minimum absolute atomic E-state index is 0.299. The Labute approximate surface area is 174 Å². The van der Waals surface area contributed by atoms with Crippen LogP contribution in [0.2, 0.25) is 0 Å². The summed E-state index contributed by atoms with van der Waals surface area (Å²) in [4.78, 5) is 38.1. The third kappa shape index (κ3) is 3.62. The second-order valence-corrected chi connectivity index (χ2v) is 8.15. The summed E-state index contributed by atoms with van der Waals surface area (Å²) in [6, 6.07) is 7.21. The van der Waals surface area contributed by atoms with Gasteiger partial charge >= 0.3 is 5.97 Å². The summed E-state index contributed by atoms with van der Waals surface area (Å²) in [6.45, 7) is 9.63. The average Bonchev–Trinajstić information content (AvgIpc) is 3.10. The van der Waals surface area contributed by atoms with E-state index in [-0.39, 0.29) is 0 Å². The highest BCUT2D eigenvalue weighted by atomic mass is 32.2. The third-order valence-electron chi connectivity index (χ3n) is 5.17. The average molecular weight is 413 g/mol. The van der Waals surface area contributed by atoms with Gasteiger partial charge < -0.3 is 9.30 Å². The molecule has 0 aliphatic carbocycles. The Bertz CT molecular complexity index is 1030. The zero-order valence-electron chi connectivity index (χ0n) is 17.4. The highest BCUT2D eigenvalue weighted by Crippen LogP contribution is 2.35. The highest BCUT2D eigenvalue weighted by molar-refractivity contribution is 8.18. The first-order chi connectivity index (χ1) is 13.7. The van der Waals surface area contributed by atoms with Gasteiger partial charge in [0.25, 0.3) is 11.1 Å². The maximum atomic E-state index is 12.8. The van der Waals surface area contributed by atoms with Gasteiger partial charge in [-0.2, -0.15) is 0 Å². The largest absolute Gasteiger partial charge is 0.467 e. The number of aromatic nitrogens is 1. The van der Waals surface area contributed by atoms with E-state index in [0.717, 1.165) is 50.4 Å². The van der Waals surface area contributed by atoms with E-state index < -0.39 is 23.2 Å². The van der Waals surface area contributed by atoms with Gasteiger partial charge in [0.1, 0.15) is 6.04 Å². The Morgan fingerprint density at radius 3 is 2.34 bits per heavy atom. The number of nitrogens with zero attached hydrogens (tertiary/aromatic N) is 2. The zero-order valence-corrected chi connectivity index (χ0v) is 18.2. The molecule has 1 aliphatic heterocycles. The van der Waals surface area contributed by atoms with Crippen molar-refractivity contribution < 1.29 is 19.1 Å². The van der Waals surface area contributed by atoms with E-state index in [1.807, 2.05) is 26.0 Å². The van der Waals surface area contributed by atoms with Crippen LogP contribution in [0.1, 0.15) is 35.0 Å². The van der Waals surface area contributed by atoms with Gasteiger partial charge in [-0.05, 0) is 75.2 Å². The fourth-order valence-corrected chi connectivity index (χ4v) is 4.57. The molecular formula is C22H24N2O4S. The van der Waals surface area contributed by atoms with Crippen molar-refractivity contribution in [1.29, 1.82) is 0 Å². The second kappa shape index (κ2) is 7.91. The fourth-order valence-electron chi connectivity index (χ4n) is 3.67. The number of methoxy groups -OCH3 is 1. The molecule has 0 N–H and O–H groups in total. The van der Waals surface area contributed by atoms with Gasteiger partial charge in [-0.25, -0.2) is 4.79 Å². The molecule has 152 valence electrons. The van der Waals surface area contributed by atoms with Gasteiger partial charge in [0.2, 0.25) is 0 Å². The molecule has 3 rings (SSSR count). The van der Waals surface area contributed by atoms with E-state index in [1.54, 1.807) is 6.08 Å². The van der Waals surface area contributed by atoms with E-state index in [2.05, 4.69) is 35.3 Å². The monoisotopic (exact) mass is 412 g/mol. The quantitative estimate of drug-likeness (QED) is 0.553. The van der Waals surface area contributed by atoms with E-state index >= 15 is 0 Å². The minimum Gasteiger partial charge on any atom is -0.467 e. The lowest BCUT2D eigenvalue weighted by molar-refractivity contribution is -0.148. The molecule has 1 aliphatic rings. The molecule has 0 spiro atoms. The molecule has 0 radical (unpaired) electrons. The fraction of sp³-hybridized carbons (Fsp3) is 0.318. The lowest BCUT2D eigenvalue weighted by atomic mass is 10.1. The van der Waals surface area contributed by atoms with E-state index in [1.165, 1.54) is 14.0 Å². The van der Waals surface area contributed by atoms with Crippen molar-refractivity contribution in [3.8, 4) is 5.69 Å². The first-order valence-electron chi connectivity index (χ1n) is 9.27. The SMILES string of the molecule is COC(=O)[C@H](C)N1C(=O)S/C(=C/c2cc(C)n(-c3c(C)cccc3C)c2C)C1=O. The van der Waals surface area contributed by atoms with Crippen LogP contribution in [0.4, 0.5) is 4.79 Å². The van der Waals surface area contributed by atoms with Gasteiger partial charge in [-0.15, -0.1) is 0 Å². The number of carbonyl (C=O) groups excluding carboxylic acids is 3. The first-order valence-corrected chi connectivity index (χ1v) is 10.1. The van der Waals surface area contributed by atoms with Gasteiger partial charge in [0.15, 0.2) is 0 Å². The molecule has 29 heavy (non-hydrogen) atoms. The predicted molar refractivity (Wildman–Crippen MR) is 114 cm³/mol. The molecule has 1 fully saturated rings. The van der Waals surface area contributed by atoms with Crippen LogP contribution in [0.5, 0.6) is 0 Å². The van der Waals surface area contributed by atoms with Crippen molar-refractivity contribution in [2.45, 2.75) is 40.7 Å². The first kappa shape index (κ1) is 20.9. The van der Waals surface area contributed by atoms with Crippen LogP contribution in [-0.4, -0.2) is 39.7 Å². The summed E-state index contributed by atoms with van der Waals surface area (Å²) in [5, 5.41) is -0.470. The topological polar surface area (TPSA) is 68.6 Å². The lowest BCUT2D eigenvalue weighted by Crippen LogP contribution is -2.42. The van der Waals surface area contributed by atoms with Crippen molar-refractivity contribution in [2.75, 3.05) is 7.11 Å². The van der Waals surface area contributed by atoms with E-state index in [4.69, 9.17) is 0 Å². The number of hydrogen-bond acceptors (Lipinski definition) is 5. The van der Waals surface area contributed by atoms with Crippen LogP contribution in [0.15, 0.2) is 29.2 Å². The molecule has 0 bridgehead atoms. The molecule has 2 aromatic rings. The Hall–Kier alpha value is -2.80. The molecule has 1 aromatic carbocycles. The van der Waals surface area contributed by atoms with Crippen molar-refractivity contribution >= 4 is 35.0 Å². The number of ether oxygens (including phenoxy) is 1. The van der Waals surface area contributed by atoms with Gasteiger partial charge in [0.05, 0.1) is 17.7 Å². The maximum absolute atomic E-state index is 12.8. The standard InChI is InChI=1S/C22H24N2O4S/c1-12-8-7-9-13(2)19(12)23-14(3)10-17(15(23)4)11-18-20(25)24(22(27)29-18)16(5)21(26)28-6/h7-11,16H,1-6H3/b18-11+/t16-/m0/s1. The number of benzene rings is 1. The normalized spacial score (nSPS) is 16.6. The van der Waals surface area contributed by atoms with Gasteiger partial charge in [-0.3, -0.25) is 14.5 Å². The number of rotatable bonds is 4. The van der Waals surface area contributed by atoms with E-state index in [9.17, 15) is 14.4 Å². The van der Waals surface area contributed by atoms with Crippen molar-refractivity contribution in [3.63, 3.8) is 0 Å². The Kier molecular flexibility index (Phi) is 5.71. The molecule has 2 heterocycles. The molecular weight excluding hydrogens is 388 g/mol. The predicted octanol–water partition coefficient (Wildman–Crippen LogP) is 4.31. The number of para-hydroxylation sites is 1. The van der Waals surface area contributed by atoms with Crippen LogP contribution in [0.25, 0.3) is 11.8 Å². The lowest BCUT2D eigenvalue weighted by Gasteiger charge is -2.18. The molecule has 7 heteroatoms. The van der Waals surface area contributed by atoms with Crippen molar-refractivity contribution in [3.05, 3.63) is 57.2 Å². The molecule has 1 saturated heterocycles. The summed E-state index contributed by atoms with van der Waals surface area (Å²) in [5.74, 6) is -1.10. The molecule has 1 aromatic heterocycles. The third-order valence-corrected chi connectivity index (χ3v) is 6.06. The number of aryl methyl sites for hydroxylation is 3. The Morgan fingerprint density at radius 2 is 1.76 bits per heavy atom. The van der Waals surface area contributed by atoms with Crippen LogP contribution < -0.4 is 0 Å². The van der Waals surface area contributed by atoms with Crippen LogP contribution >= 0.6 is 11.8 Å². The van der Waals surface area contributed by atoms with Crippen LogP contribution in [0.3, 0.4) is 0 Å². The summed E-state index contributed by atoms with van der Waals surface area (Å²) < 4.78 is 6.83. The minimum atomic E-state index is -0.958. The van der Waals surface area contributed by atoms with Crippen molar-refractivity contribution in [2.24, 2.45) is 0 Å². The zero-order chi connectivity index (χ0) is 21.5. The Balaban J connectivity index is 2.02. The summed E-state index contributed by atoms with van der Waals surface area (Å²) in [5.41, 5.74) is 6.31. The molecule has 0 unspecified atom stereocenters. The van der Waals surface area contributed by atoms with Crippen LogP contribution in [-0.2, 0) is 14.3 Å². The number of thioether (sulfide) groups is 1. The highest BCUT2D eigenvalue weighted by Gasteiger charge is 2.41. The molecule has 0 saturated carbocycles. The smallest absolute Gasteiger partial charge is 0.328 e. The number of hydrogen-bond donors (Lipinski definition) is 0. The number of amides is 2.